The molecule has 72 valence electrons. The van der Waals surface area contributed by atoms with Crippen molar-refractivity contribution in [1.29, 1.82) is 0 Å². The molecule has 3 nitrogen and oxygen atoms in total. The van der Waals surface area contributed by atoms with Crippen LogP contribution >= 0.6 is 0 Å². The van der Waals surface area contributed by atoms with Gasteiger partial charge in [0.15, 0.2) is 11.5 Å². The summed E-state index contributed by atoms with van der Waals surface area (Å²) in [4.78, 5) is 14.5. The van der Waals surface area contributed by atoms with E-state index in [-0.39, 0.29) is 0 Å². The number of carbonyl (C=O) groups excluding carboxylic acids is 1. The van der Waals surface area contributed by atoms with Gasteiger partial charge in [-0.3, -0.25) is 0 Å². The zero-order valence-electron chi connectivity index (χ0n) is 7.99. The van der Waals surface area contributed by atoms with Crippen LogP contribution in [0.1, 0.15) is 17.9 Å². The highest BCUT2D eigenvalue weighted by atomic mass is 16.3. The van der Waals surface area contributed by atoms with Crippen molar-refractivity contribution in [3.8, 4) is 0 Å². The fraction of sp³-hybridized carbons (Fsp3) is 0.273. The van der Waals surface area contributed by atoms with Crippen LogP contribution in [0.2, 0.25) is 0 Å². The van der Waals surface area contributed by atoms with Gasteiger partial charge in [-0.2, -0.15) is 0 Å². The number of oxazole rings is 1. The summed E-state index contributed by atoms with van der Waals surface area (Å²) in [6.07, 6.45) is 2.16. The zero-order valence-corrected chi connectivity index (χ0v) is 7.99. The molecule has 0 radical (unpaired) electrons. The maximum atomic E-state index is 10.3. The van der Waals surface area contributed by atoms with Gasteiger partial charge in [-0.1, -0.05) is 12.1 Å². The first-order valence-corrected chi connectivity index (χ1v) is 4.60. The second kappa shape index (κ2) is 3.62. The maximum absolute atomic E-state index is 10.3. The van der Waals surface area contributed by atoms with Gasteiger partial charge in [0.25, 0.3) is 0 Å². The molecule has 0 fully saturated rings. The van der Waals surface area contributed by atoms with Crippen molar-refractivity contribution in [2.75, 3.05) is 0 Å². The molecule has 0 saturated heterocycles. The van der Waals surface area contributed by atoms with E-state index in [1.54, 1.807) is 0 Å². The first kappa shape index (κ1) is 8.94. The molecule has 2 rings (SSSR count). The molecule has 1 aromatic carbocycles. The topological polar surface area (TPSA) is 43.1 Å². The lowest BCUT2D eigenvalue weighted by atomic mass is 10.1. The predicted molar refractivity (Wildman–Crippen MR) is 53.1 cm³/mol. The molecule has 0 N–H and O–H groups in total. The van der Waals surface area contributed by atoms with E-state index in [2.05, 4.69) is 4.98 Å². The van der Waals surface area contributed by atoms with E-state index < -0.39 is 0 Å². The molecule has 0 unspecified atom stereocenters. The van der Waals surface area contributed by atoms with Crippen molar-refractivity contribution >= 4 is 17.4 Å². The van der Waals surface area contributed by atoms with Crippen LogP contribution in [0, 0.1) is 6.92 Å². The third kappa shape index (κ3) is 1.53. The number of benzene rings is 1. The Bertz CT molecular complexity index is 459. The molecule has 0 aliphatic carbocycles. The van der Waals surface area contributed by atoms with Crippen molar-refractivity contribution in [2.45, 2.75) is 19.8 Å². The fourth-order valence-electron chi connectivity index (χ4n) is 1.53. The SMILES string of the molecule is Cc1nc2cccc(CCC=O)c2o1. The molecule has 0 aliphatic heterocycles. The Morgan fingerprint density at radius 3 is 3.14 bits per heavy atom. The van der Waals surface area contributed by atoms with Crippen LogP contribution < -0.4 is 0 Å². The normalized spacial score (nSPS) is 10.6. The molecule has 0 bridgehead atoms. The number of hydrogen-bond acceptors (Lipinski definition) is 3. The number of aromatic nitrogens is 1. The van der Waals surface area contributed by atoms with Crippen molar-refractivity contribution < 1.29 is 9.21 Å². The van der Waals surface area contributed by atoms with Gasteiger partial charge in [-0.05, 0) is 18.1 Å². The van der Waals surface area contributed by atoms with Gasteiger partial charge in [0.05, 0.1) is 0 Å². The van der Waals surface area contributed by atoms with Crippen LogP contribution in [-0.2, 0) is 11.2 Å². The summed E-state index contributed by atoms with van der Waals surface area (Å²) in [6.45, 7) is 1.82. The summed E-state index contributed by atoms with van der Waals surface area (Å²) >= 11 is 0. The molecule has 1 heterocycles. The van der Waals surface area contributed by atoms with E-state index in [1.807, 2.05) is 25.1 Å². The Balaban J connectivity index is 2.47. The van der Waals surface area contributed by atoms with E-state index in [9.17, 15) is 4.79 Å². The van der Waals surface area contributed by atoms with Gasteiger partial charge >= 0.3 is 0 Å². The number of aldehydes is 1. The number of fused-ring (bicyclic) bond motifs is 1. The third-order valence-electron chi connectivity index (χ3n) is 2.13. The van der Waals surface area contributed by atoms with Gasteiger partial charge in [0.1, 0.15) is 11.8 Å². The van der Waals surface area contributed by atoms with Crippen LogP contribution in [0.25, 0.3) is 11.1 Å². The minimum absolute atomic E-state index is 0.527. The largest absolute Gasteiger partial charge is 0.441 e. The second-order valence-electron chi connectivity index (χ2n) is 3.20. The first-order valence-electron chi connectivity index (χ1n) is 4.60. The molecule has 0 saturated carbocycles. The molecule has 0 spiro atoms. The Kier molecular flexibility index (Phi) is 2.31. The lowest BCUT2D eigenvalue weighted by Crippen LogP contribution is -1.86. The van der Waals surface area contributed by atoms with Crippen LogP contribution in [0.15, 0.2) is 22.6 Å². The van der Waals surface area contributed by atoms with Crippen LogP contribution in [0.3, 0.4) is 0 Å². The van der Waals surface area contributed by atoms with Gasteiger partial charge in [0.2, 0.25) is 0 Å². The molecule has 14 heavy (non-hydrogen) atoms. The summed E-state index contributed by atoms with van der Waals surface area (Å²) in [6, 6.07) is 5.82. The molecular formula is C11H11NO2. The Morgan fingerprint density at radius 2 is 2.36 bits per heavy atom. The van der Waals surface area contributed by atoms with E-state index >= 15 is 0 Å². The van der Waals surface area contributed by atoms with Crippen molar-refractivity contribution in [3.05, 3.63) is 29.7 Å². The summed E-state index contributed by atoms with van der Waals surface area (Å²) in [5, 5.41) is 0. The van der Waals surface area contributed by atoms with E-state index in [0.29, 0.717) is 12.3 Å². The minimum Gasteiger partial charge on any atom is -0.441 e. The maximum Gasteiger partial charge on any atom is 0.192 e. The highest BCUT2D eigenvalue weighted by molar-refractivity contribution is 5.76. The summed E-state index contributed by atoms with van der Waals surface area (Å²) in [7, 11) is 0. The van der Waals surface area contributed by atoms with E-state index in [4.69, 9.17) is 4.42 Å². The average molecular weight is 189 g/mol. The van der Waals surface area contributed by atoms with Crippen LogP contribution in [0.5, 0.6) is 0 Å². The average Bonchev–Trinajstić information content (AvgIpc) is 2.55. The Morgan fingerprint density at radius 1 is 1.50 bits per heavy atom. The first-order chi connectivity index (χ1) is 6.81. The smallest absolute Gasteiger partial charge is 0.192 e. The number of carbonyl (C=O) groups is 1. The van der Waals surface area contributed by atoms with Crippen LogP contribution in [0.4, 0.5) is 0 Å². The number of aryl methyl sites for hydroxylation is 2. The lowest BCUT2D eigenvalue weighted by molar-refractivity contribution is -0.107. The lowest BCUT2D eigenvalue weighted by Gasteiger charge is -1.96. The third-order valence-corrected chi connectivity index (χ3v) is 2.13. The fourth-order valence-corrected chi connectivity index (χ4v) is 1.53. The van der Waals surface area contributed by atoms with Gasteiger partial charge in [-0.25, -0.2) is 4.98 Å². The second-order valence-corrected chi connectivity index (χ2v) is 3.20. The van der Waals surface area contributed by atoms with Crippen molar-refractivity contribution in [1.82, 2.24) is 4.98 Å². The van der Waals surface area contributed by atoms with E-state index in [0.717, 1.165) is 29.4 Å². The monoisotopic (exact) mass is 189 g/mol. The highest BCUT2D eigenvalue weighted by Gasteiger charge is 2.06. The predicted octanol–water partition coefficient (Wildman–Crippen LogP) is 2.27. The highest BCUT2D eigenvalue weighted by Crippen LogP contribution is 2.20. The number of rotatable bonds is 3. The van der Waals surface area contributed by atoms with Crippen molar-refractivity contribution in [3.63, 3.8) is 0 Å². The van der Waals surface area contributed by atoms with Gasteiger partial charge < -0.3 is 9.21 Å². The van der Waals surface area contributed by atoms with E-state index in [1.165, 1.54) is 0 Å². The number of hydrogen-bond donors (Lipinski definition) is 0. The standard InChI is InChI=1S/C11H11NO2/c1-8-12-10-6-2-4-9(5-3-7-13)11(10)14-8/h2,4,6-7H,3,5H2,1H3. The van der Waals surface area contributed by atoms with Gasteiger partial charge in [0, 0.05) is 13.3 Å². The van der Waals surface area contributed by atoms with Gasteiger partial charge in [-0.15, -0.1) is 0 Å². The van der Waals surface area contributed by atoms with Crippen LogP contribution in [-0.4, -0.2) is 11.3 Å². The molecule has 0 atom stereocenters. The minimum atomic E-state index is 0.527. The Labute approximate surface area is 81.7 Å². The summed E-state index contributed by atoms with van der Waals surface area (Å²) in [5.74, 6) is 0.665. The molecule has 0 amide bonds. The Hall–Kier alpha value is -1.64. The summed E-state index contributed by atoms with van der Waals surface area (Å²) < 4.78 is 5.47. The zero-order chi connectivity index (χ0) is 9.97. The quantitative estimate of drug-likeness (QED) is 0.695. The molecule has 3 heteroatoms. The molecule has 0 aliphatic rings. The number of para-hydroxylation sites is 1. The number of nitrogens with zero attached hydrogens (tertiary/aromatic N) is 1. The van der Waals surface area contributed by atoms with Crippen molar-refractivity contribution in [2.24, 2.45) is 0 Å². The summed E-state index contributed by atoms with van der Waals surface area (Å²) in [5.41, 5.74) is 2.73. The molecular weight excluding hydrogens is 178 g/mol. The molecule has 1 aromatic heterocycles. The molecule has 2 aromatic rings.